The van der Waals surface area contributed by atoms with Crippen LogP contribution in [0.25, 0.3) is 0 Å². The molecule has 122 valence electrons. The lowest BCUT2D eigenvalue weighted by atomic mass is 10.2. The summed E-state index contributed by atoms with van der Waals surface area (Å²) >= 11 is 5.42. The smallest absolute Gasteiger partial charge is 0.169 e. The molecule has 2 saturated heterocycles. The molecule has 8 heteroatoms. The Morgan fingerprint density at radius 3 is 2.73 bits per heavy atom. The molecule has 0 unspecified atom stereocenters. The third kappa shape index (κ3) is 3.80. The average molecular weight is 343 g/mol. The van der Waals surface area contributed by atoms with E-state index in [1.807, 2.05) is 12.1 Å². The van der Waals surface area contributed by atoms with E-state index in [4.69, 9.17) is 16.6 Å². The van der Waals surface area contributed by atoms with E-state index < -0.39 is 9.84 Å². The van der Waals surface area contributed by atoms with Gasteiger partial charge in [-0.3, -0.25) is 4.90 Å². The SMILES string of the molecule is O=S1(=O)CC[C@@H](N2CCN(C(=S)NCc3ccco3)CC2)C1. The van der Waals surface area contributed by atoms with Crippen LogP contribution in [-0.4, -0.2) is 67.1 Å². The molecule has 0 radical (unpaired) electrons. The molecule has 0 aliphatic carbocycles. The van der Waals surface area contributed by atoms with Crippen molar-refractivity contribution in [3.63, 3.8) is 0 Å². The molecule has 22 heavy (non-hydrogen) atoms. The van der Waals surface area contributed by atoms with E-state index >= 15 is 0 Å². The summed E-state index contributed by atoms with van der Waals surface area (Å²) < 4.78 is 28.4. The molecule has 0 aromatic carbocycles. The van der Waals surface area contributed by atoms with E-state index in [-0.39, 0.29) is 6.04 Å². The van der Waals surface area contributed by atoms with Crippen molar-refractivity contribution in [3.05, 3.63) is 24.2 Å². The molecular weight excluding hydrogens is 322 g/mol. The van der Waals surface area contributed by atoms with Gasteiger partial charge in [-0.15, -0.1) is 0 Å². The fraction of sp³-hybridized carbons (Fsp3) is 0.643. The number of nitrogens with one attached hydrogen (secondary N) is 1. The van der Waals surface area contributed by atoms with E-state index in [1.165, 1.54) is 0 Å². The lowest BCUT2D eigenvalue weighted by molar-refractivity contribution is 0.142. The van der Waals surface area contributed by atoms with Crippen LogP contribution in [0.2, 0.25) is 0 Å². The van der Waals surface area contributed by atoms with Crippen LogP contribution in [0.15, 0.2) is 22.8 Å². The van der Waals surface area contributed by atoms with Crippen molar-refractivity contribution >= 4 is 27.2 Å². The Morgan fingerprint density at radius 2 is 2.14 bits per heavy atom. The number of thiocarbonyl (C=S) groups is 1. The minimum Gasteiger partial charge on any atom is -0.467 e. The standard InChI is InChI=1S/C14H21N3O3S2/c18-22(19)9-3-12(11-22)16-4-6-17(7-5-16)14(21)15-10-13-2-1-8-20-13/h1-2,8,12H,3-7,9-11H2,(H,15,21)/t12-/m1/s1. The van der Waals surface area contributed by atoms with Crippen LogP contribution < -0.4 is 5.32 Å². The van der Waals surface area contributed by atoms with Crippen molar-refractivity contribution in [1.82, 2.24) is 15.1 Å². The molecule has 0 bridgehead atoms. The van der Waals surface area contributed by atoms with Gasteiger partial charge in [-0.05, 0) is 30.8 Å². The largest absolute Gasteiger partial charge is 0.467 e. The second-order valence-corrected chi connectivity index (χ2v) is 8.43. The number of hydrogen-bond donors (Lipinski definition) is 1. The van der Waals surface area contributed by atoms with E-state index in [0.29, 0.717) is 18.1 Å². The third-order valence-electron chi connectivity index (χ3n) is 4.32. The van der Waals surface area contributed by atoms with Crippen LogP contribution in [-0.2, 0) is 16.4 Å². The van der Waals surface area contributed by atoms with Crippen molar-refractivity contribution in [2.45, 2.75) is 19.0 Å². The van der Waals surface area contributed by atoms with Gasteiger partial charge in [0.2, 0.25) is 0 Å². The molecule has 0 amide bonds. The third-order valence-corrected chi connectivity index (χ3v) is 6.47. The molecule has 3 heterocycles. The Hall–Kier alpha value is -1.12. The molecular formula is C14H21N3O3S2. The summed E-state index contributed by atoms with van der Waals surface area (Å²) in [4.78, 5) is 4.43. The summed E-state index contributed by atoms with van der Waals surface area (Å²) in [5.41, 5.74) is 0. The summed E-state index contributed by atoms with van der Waals surface area (Å²) in [6.45, 7) is 3.99. The highest BCUT2D eigenvalue weighted by atomic mass is 32.2. The Morgan fingerprint density at radius 1 is 1.36 bits per heavy atom. The predicted octanol–water partition coefficient (Wildman–Crippen LogP) is 0.459. The molecule has 2 fully saturated rings. The average Bonchev–Trinajstić information content (AvgIpc) is 3.14. The molecule has 0 spiro atoms. The van der Waals surface area contributed by atoms with Crippen LogP contribution in [0.4, 0.5) is 0 Å². The van der Waals surface area contributed by atoms with E-state index in [9.17, 15) is 8.42 Å². The normalized spacial score (nSPS) is 25.3. The Labute approximate surface area is 136 Å². The highest BCUT2D eigenvalue weighted by molar-refractivity contribution is 7.91. The minimum atomic E-state index is -2.81. The van der Waals surface area contributed by atoms with E-state index in [2.05, 4.69) is 15.1 Å². The Balaban J connectivity index is 1.44. The first-order chi connectivity index (χ1) is 10.5. The Kier molecular flexibility index (Phi) is 4.70. The topological polar surface area (TPSA) is 65.8 Å². The maximum absolute atomic E-state index is 11.6. The first-order valence-corrected chi connectivity index (χ1v) is 9.76. The second kappa shape index (κ2) is 6.55. The number of hydrogen-bond acceptors (Lipinski definition) is 5. The first kappa shape index (κ1) is 15.8. The highest BCUT2D eigenvalue weighted by Crippen LogP contribution is 2.19. The summed E-state index contributed by atoms with van der Waals surface area (Å²) in [7, 11) is -2.81. The van der Waals surface area contributed by atoms with Crippen molar-refractivity contribution < 1.29 is 12.8 Å². The van der Waals surface area contributed by atoms with Crippen LogP contribution >= 0.6 is 12.2 Å². The number of rotatable bonds is 3. The lowest BCUT2D eigenvalue weighted by Gasteiger charge is -2.38. The van der Waals surface area contributed by atoms with Crippen molar-refractivity contribution in [2.75, 3.05) is 37.7 Å². The van der Waals surface area contributed by atoms with E-state index in [0.717, 1.165) is 43.5 Å². The van der Waals surface area contributed by atoms with Crippen LogP contribution in [0.1, 0.15) is 12.2 Å². The molecule has 1 aromatic heterocycles. The van der Waals surface area contributed by atoms with Gasteiger partial charge >= 0.3 is 0 Å². The van der Waals surface area contributed by atoms with Gasteiger partial charge < -0.3 is 14.6 Å². The zero-order valence-electron chi connectivity index (χ0n) is 12.4. The summed E-state index contributed by atoms with van der Waals surface area (Å²) in [5.74, 6) is 1.51. The summed E-state index contributed by atoms with van der Waals surface area (Å²) in [6, 6.07) is 3.96. The van der Waals surface area contributed by atoms with E-state index in [1.54, 1.807) is 6.26 Å². The van der Waals surface area contributed by atoms with Gasteiger partial charge in [-0.1, -0.05) is 0 Å². The molecule has 1 N–H and O–H groups in total. The van der Waals surface area contributed by atoms with Gasteiger partial charge in [0, 0.05) is 32.2 Å². The van der Waals surface area contributed by atoms with Gasteiger partial charge in [0.05, 0.1) is 24.3 Å². The molecule has 1 atom stereocenters. The monoisotopic (exact) mass is 343 g/mol. The molecule has 2 aliphatic heterocycles. The molecule has 2 aliphatic rings. The highest BCUT2D eigenvalue weighted by Gasteiger charge is 2.33. The summed E-state index contributed by atoms with van der Waals surface area (Å²) in [6.07, 6.45) is 2.41. The predicted molar refractivity (Wildman–Crippen MR) is 88.4 cm³/mol. The van der Waals surface area contributed by atoms with Gasteiger partial charge in [-0.2, -0.15) is 0 Å². The Bertz CT molecular complexity index is 607. The number of piperazine rings is 1. The van der Waals surface area contributed by atoms with Crippen molar-refractivity contribution in [3.8, 4) is 0 Å². The van der Waals surface area contributed by atoms with Gasteiger partial charge in [0.15, 0.2) is 14.9 Å². The minimum absolute atomic E-state index is 0.191. The molecule has 1 aromatic rings. The second-order valence-electron chi connectivity index (χ2n) is 5.82. The van der Waals surface area contributed by atoms with Gasteiger partial charge in [0.1, 0.15) is 5.76 Å². The molecule has 0 saturated carbocycles. The zero-order valence-corrected chi connectivity index (χ0v) is 14.0. The maximum Gasteiger partial charge on any atom is 0.169 e. The summed E-state index contributed by atoms with van der Waals surface area (Å²) in [5, 5.41) is 3.93. The lowest BCUT2D eigenvalue weighted by Crippen LogP contribution is -2.54. The van der Waals surface area contributed by atoms with Crippen LogP contribution in [0, 0.1) is 0 Å². The van der Waals surface area contributed by atoms with Crippen LogP contribution in [0.5, 0.6) is 0 Å². The number of nitrogens with zero attached hydrogens (tertiary/aromatic N) is 2. The quantitative estimate of drug-likeness (QED) is 0.800. The van der Waals surface area contributed by atoms with Gasteiger partial charge in [-0.25, -0.2) is 8.42 Å². The number of sulfone groups is 1. The fourth-order valence-electron chi connectivity index (χ4n) is 3.04. The molecule has 6 nitrogen and oxygen atoms in total. The first-order valence-electron chi connectivity index (χ1n) is 7.53. The molecule has 3 rings (SSSR count). The zero-order chi connectivity index (χ0) is 15.6. The van der Waals surface area contributed by atoms with Gasteiger partial charge in [0.25, 0.3) is 0 Å². The maximum atomic E-state index is 11.6. The number of furan rings is 1. The van der Waals surface area contributed by atoms with Crippen molar-refractivity contribution in [1.29, 1.82) is 0 Å². The van der Waals surface area contributed by atoms with Crippen molar-refractivity contribution in [2.24, 2.45) is 0 Å². The van der Waals surface area contributed by atoms with Crippen LogP contribution in [0.3, 0.4) is 0 Å². The fourth-order valence-corrected chi connectivity index (χ4v) is 5.06.